The minimum absolute atomic E-state index is 0.0255. The van der Waals surface area contributed by atoms with Gasteiger partial charge in [-0.15, -0.1) is 11.8 Å². The molecule has 0 fully saturated rings. The fourth-order valence-corrected chi connectivity index (χ4v) is 9.48. The molecule has 1 aliphatic carbocycles. The molecule has 0 bridgehead atoms. The molecule has 5 N–H and O–H groups in total. The second-order valence-corrected chi connectivity index (χ2v) is 16.2. The summed E-state index contributed by atoms with van der Waals surface area (Å²) in [6.45, 7) is 1.29. The molecule has 310 valence electrons. The van der Waals surface area contributed by atoms with E-state index in [4.69, 9.17) is 4.74 Å². The number of aliphatic hydroxyl groups excluding tert-OH is 1. The number of carbonyl (C=O) groups is 4. The first kappa shape index (κ1) is 42.4. The lowest BCUT2D eigenvalue weighted by molar-refractivity contribution is -0.145. The van der Waals surface area contributed by atoms with E-state index in [1.54, 1.807) is 0 Å². The van der Waals surface area contributed by atoms with Crippen LogP contribution in [0, 0.1) is 0 Å². The molecule has 0 radical (unpaired) electrons. The summed E-state index contributed by atoms with van der Waals surface area (Å²) in [5.41, 5.74) is 7.71. The van der Waals surface area contributed by atoms with Crippen molar-refractivity contribution in [2.24, 2.45) is 0 Å². The molecule has 1 aliphatic rings. The van der Waals surface area contributed by atoms with E-state index >= 15 is 0 Å². The van der Waals surface area contributed by atoms with Crippen molar-refractivity contribution in [1.82, 2.24) is 16.0 Å². The zero-order valence-corrected chi connectivity index (χ0v) is 34.3. The highest BCUT2D eigenvalue weighted by atomic mass is 32.2. The molecule has 3 amide bonds. The third-order valence-electron chi connectivity index (χ3n) is 10.9. The smallest absolute Gasteiger partial charge is 0.407 e. The number of alkyl carbamates (subject to hydrolysis) is 1. The minimum Gasteiger partial charge on any atom is -0.480 e. The molecule has 0 heterocycles. The largest absolute Gasteiger partial charge is 0.480 e. The van der Waals surface area contributed by atoms with Crippen LogP contribution in [-0.2, 0) is 30.3 Å². The number of ether oxygens (including phenoxy) is 1. The number of hydrogen-bond acceptors (Lipinski definition) is 7. The van der Waals surface area contributed by atoms with Gasteiger partial charge in [0, 0.05) is 18.1 Å². The van der Waals surface area contributed by atoms with E-state index in [1.807, 2.05) is 170 Å². The summed E-state index contributed by atoms with van der Waals surface area (Å²) in [5, 5.41) is 28.3. The molecule has 6 aromatic rings. The van der Waals surface area contributed by atoms with Crippen molar-refractivity contribution in [3.05, 3.63) is 203 Å². The lowest BCUT2D eigenvalue weighted by Gasteiger charge is -2.36. The van der Waals surface area contributed by atoms with Gasteiger partial charge in [0.25, 0.3) is 0 Å². The van der Waals surface area contributed by atoms with Gasteiger partial charge in [-0.05, 0) is 51.4 Å². The summed E-state index contributed by atoms with van der Waals surface area (Å²) in [6.07, 6.45) is -2.20. The van der Waals surface area contributed by atoms with Crippen LogP contribution in [0.3, 0.4) is 0 Å². The molecule has 0 saturated heterocycles. The molecule has 0 spiro atoms. The Kier molecular flexibility index (Phi) is 13.6. The van der Waals surface area contributed by atoms with Crippen LogP contribution < -0.4 is 16.0 Å². The number of nitrogens with one attached hydrogen (secondary N) is 3. The molecule has 10 nitrogen and oxygen atoms in total. The van der Waals surface area contributed by atoms with Gasteiger partial charge in [0.05, 0.1) is 10.9 Å². The molecule has 61 heavy (non-hydrogen) atoms. The van der Waals surface area contributed by atoms with Crippen LogP contribution in [0.15, 0.2) is 170 Å². The van der Waals surface area contributed by atoms with Crippen LogP contribution in [0.4, 0.5) is 4.79 Å². The summed E-state index contributed by atoms with van der Waals surface area (Å²) in [6, 6.07) is 50.3. The van der Waals surface area contributed by atoms with Crippen LogP contribution in [0.1, 0.15) is 46.2 Å². The SMILES string of the molecule is C[C@@H](O)[C@H](NC(=O)[C@H](CSC(c1ccccc1)(c1ccccc1)c1ccccc1)NC(=O)[C@H](Cc1ccccc1)NC(=O)OCC1c2ccccc2-c2ccccc21)C(=O)O. The van der Waals surface area contributed by atoms with E-state index < -0.39 is 52.9 Å². The van der Waals surface area contributed by atoms with E-state index in [2.05, 4.69) is 16.0 Å². The van der Waals surface area contributed by atoms with Gasteiger partial charge in [0.2, 0.25) is 11.8 Å². The Morgan fingerprint density at radius 2 is 1.05 bits per heavy atom. The van der Waals surface area contributed by atoms with Gasteiger partial charge >= 0.3 is 12.1 Å². The van der Waals surface area contributed by atoms with Crippen LogP contribution in [0.25, 0.3) is 11.1 Å². The third-order valence-corrected chi connectivity index (χ3v) is 12.6. The Balaban J connectivity index is 1.18. The lowest BCUT2D eigenvalue weighted by Crippen LogP contribution is -2.58. The monoisotopic (exact) mass is 833 g/mol. The van der Waals surface area contributed by atoms with E-state index in [-0.39, 0.29) is 24.7 Å². The van der Waals surface area contributed by atoms with Crippen molar-refractivity contribution >= 4 is 35.6 Å². The number of benzene rings is 6. The molecule has 0 saturated carbocycles. The Morgan fingerprint density at radius 1 is 0.607 bits per heavy atom. The predicted molar refractivity (Wildman–Crippen MR) is 237 cm³/mol. The molecule has 0 unspecified atom stereocenters. The first-order chi connectivity index (χ1) is 29.7. The number of carboxylic acid groups (broad SMARTS) is 1. The standard InChI is InChI=1S/C50H47N3O7S/c1-33(54)45(48(57)58)53-47(56)44(32-61-50(35-20-8-3-9-21-35,36-22-10-4-11-23-36)37-24-12-5-13-25-37)51-46(55)43(30-34-18-6-2-7-19-34)52-49(59)60-31-42-40-28-16-14-26-38(40)39-27-15-17-29-41(39)42/h2-29,33,42-45,54H,30-32H2,1H3,(H,51,55)(H,52,59)(H,53,56)(H,57,58)/t33-,43+,44+,45+/m1/s1. The van der Waals surface area contributed by atoms with Crippen LogP contribution >= 0.6 is 11.8 Å². The van der Waals surface area contributed by atoms with Gasteiger partial charge in [-0.25, -0.2) is 9.59 Å². The first-order valence-electron chi connectivity index (χ1n) is 20.1. The normalized spacial score (nSPS) is 14.0. The van der Waals surface area contributed by atoms with Crippen molar-refractivity contribution in [2.75, 3.05) is 12.4 Å². The number of hydrogen-bond donors (Lipinski definition) is 5. The van der Waals surface area contributed by atoms with Crippen LogP contribution in [0.2, 0.25) is 0 Å². The molecule has 4 atom stereocenters. The molecule has 6 aromatic carbocycles. The highest BCUT2D eigenvalue weighted by molar-refractivity contribution is 8.00. The fraction of sp³-hybridized carbons (Fsp3) is 0.200. The number of aliphatic hydroxyl groups is 1. The number of carbonyl (C=O) groups excluding carboxylic acids is 3. The Hall–Kier alpha value is -6.69. The molecular weight excluding hydrogens is 787 g/mol. The van der Waals surface area contributed by atoms with Gasteiger partial charge in [0.1, 0.15) is 18.7 Å². The predicted octanol–water partition coefficient (Wildman–Crippen LogP) is 7.30. The van der Waals surface area contributed by atoms with Gasteiger partial charge in [-0.1, -0.05) is 170 Å². The third kappa shape index (κ3) is 9.70. The average molecular weight is 834 g/mol. The Bertz CT molecular complexity index is 2290. The summed E-state index contributed by atoms with van der Waals surface area (Å²) in [4.78, 5) is 54.7. The van der Waals surface area contributed by atoms with E-state index in [0.29, 0.717) is 0 Å². The highest BCUT2D eigenvalue weighted by Gasteiger charge is 2.40. The zero-order chi connectivity index (χ0) is 42.8. The second kappa shape index (κ2) is 19.6. The van der Waals surface area contributed by atoms with Gasteiger partial charge in [-0.3, -0.25) is 9.59 Å². The summed E-state index contributed by atoms with van der Waals surface area (Å²) in [5.74, 6) is -3.21. The molecule has 0 aliphatic heterocycles. The molecule has 7 rings (SSSR count). The van der Waals surface area contributed by atoms with E-state index in [1.165, 1.54) is 18.7 Å². The topological polar surface area (TPSA) is 154 Å². The van der Waals surface area contributed by atoms with Crippen LogP contribution in [0.5, 0.6) is 0 Å². The first-order valence-corrected chi connectivity index (χ1v) is 21.1. The molecule has 0 aromatic heterocycles. The van der Waals surface area contributed by atoms with Crippen LogP contribution in [-0.4, -0.2) is 70.7 Å². The maximum atomic E-state index is 14.5. The maximum absolute atomic E-state index is 14.5. The molecule has 11 heteroatoms. The average Bonchev–Trinajstić information content (AvgIpc) is 3.61. The second-order valence-electron chi connectivity index (χ2n) is 14.9. The zero-order valence-electron chi connectivity index (χ0n) is 33.5. The Morgan fingerprint density at radius 3 is 1.52 bits per heavy atom. The number of rotatable bonds is 17. The number of carboxylic acids is 1. The maximum Gasteiger partial charge on any atom is 0.407 e. The lowest BCUT2D eigenvalue weighted by atomic mass is 9.84. The number of amides is 3. The summed E-state index contributed by atoms with van der Waals surface area (Å²) < 4.78 is 4.95. The minimum atomic E-state index is -1.65. The molecular formula is C50H47N3O7S. The summed E-state index contributed by atoms with van der Waals surface area (Å²) >= 11 is 1.39. The fourth-order valence-electron chi connectivity index (χ4n) is 7.92. The highest BCUT2D eigenvalue weighted by Crippen LogP contribution is 2.49. The van der Waals surface area contributed by atoms with Crippen molar-refractivity contribution in [3.63, 3.8) is 0 Å². The van der Waals surface area contributed by atoms with Gasteiger partial charge < -0.3 is 30.9 Å². The quantitative estimate of drug-likeness (QED) is 0.0601. The van der Waals surface area contributed by atoms with Gasteiger partial charge in [0.15, 0.2) is 6.04 Å². The van der Waals surface area contributed by atoms with Crippen molar-refractivity contribution in [1.29, 1.82) is 0 Å². The number of aliphatic carboxylic acids is 1. The van der Waals surface area contributed by atoms with E-state index in [9.17, 15) is 29.4 Å². The van der Waals surface area contributed by atoms with Crippen molar-refractivity contribution in [2.45, 2.75) is 48.2 Å². The van der Waals surface area contributed by atoms with E-state index in [0.717, 1.165) is 44.5 Å². The Labute approximate surface area is 359 Å². The van der Waals surface area contributed by atoms with Crippen molar-refractivity contribution < 1.29 is 34.1 Å². The van der Waals surface area contributed by atoms with Crippen molar-refractivity contribution in [3.8, 4) is 11.1 Å². The van der Waals surface area contributed by atoms with Gasteiger partial charge in [-0.2, -0.15) is 0 Å². The summed E-state index contributed by atoms with van der Waals surface area (Å²) in [7, 11) is 0. The number of fused-ring (bicyclic) bond motifs is 3. The number of thioether (sulfide) groups is 1.